The van der Waals surface area contributed by atoms with Crippen LogP contribution in [0.4, 0.5) is 0 Å². The van der Waals surface area contributed by atoms with E-state index in [1.807, 2.05) is 43.4 Å². The first-order valence-corrected chi connectivity index (χ1v) is 6.64. The Bertz CT molecular complexity index is 553. The molecule has 0 fully saturated rings. The van der Waals surface area contributed by atoms with Gasteiger partial charge >= 0.3 is 0 Å². The summed E-state index contributed by atoms with van der Waals surface area (Å²) < 4.78 is 0. The molecule has 0 amide bonds. The van der Waals surface area contributed by atoms with Crippen LogP contribution in [0.1, 0.15) is 23.7 Å². The molecule has 0 radical (unpaired) electrons. The molecule has 0 spiro atoms. The number of aliphatic hydroxyl groups excluding tert-OH is 2. The van der Waals surface area contributed by atoms with Crippen LogP contribution in [0.3, 0.4) is 0 Å². The fraction of sp³-hybridized carbons (Fsp3) is 0.375. The standard InChI is InChI=1S/C16H21NO2/c1-11-7-8-14(13-6-4-3-5-12(11)13)16(19)15(18)9-10-17-2/h3-8,15-19H,9-10H2,1-2H3. The third-order valence-electron chi connectivity index (χ3n) is 3.55. The second-order valence-corrected chi connectivity index (χ2v) is 4.92. The van der Waals surface area contributed by atoms with Gasteiger partial charge in [0.15, 0.2) is 0 Å². The summed E-state index contributed by atoms with van der Waals surface area (Å²) in [5, 5.41) is 25.5. The number of hydrogen-bond acceptors (Lipinski definition) is 3. The molecule has 3 N–H and O–H groups in total. The van der Waals surface area contributed by atoms with Crippen LogP contribution < -0.4 is 5.32 Å². The van der Waals surface area contributed by atoms with Crippen molar-refractivity contribution in [3.8, 4) is 0 Å². The lowest BCUT2D eigenvalue weighted by Crippen LogP contribution is -2.23. The Labute approximate surface area is 113 Å². The van der Waals surface area contributed by atoms with Gasteiger partial charge in [-0.25, -0.2) is 0 Å². The number of fused-ring (bicyclic) bond motifs is 1. The van der Waals surface area contributed by atoms with E-state index in [4.69, 9.17) is 0 Å². The molecule has 19 heavy (non-hydrogen) atoms. The largest absolute Gasteiger partial charge is 0.390 e. The van der Waals surface area contributed by atoms with Gasteiger partial charge in [-0.1, -0.05) is 36.4 Å². The van der Waals surface area contributed by atoms with Crippen molar-refractivity contribution >= 4 is 10.8 Å². The third kappa shape index (κ3) is 2.95. The average molecular weight is 259 g/mol. The molecule has 0 saturated heterocycles. The first-order valence-electron chi connectivity index (χ1n) is 6.64. The van der Waals surface area contributed by atoms with Crippen LogP contribution in [-0.2, 0) is 0 Å². The lowest BCUT2D eigenvalue weighted by molar-refractivity contribution is 0.0149. The maximum Gasteiger partial charge on any atom is 0.105 e. The zero-order valence-corrected chi connectivity index (χ0v) is 11.4. The Morgan fingerprint density at radius 3 is 2.42 bits per heavy atom. The topological polar surface area (TPSA) is 52.5 Å². The van der Waals surface area contributed by atoms with Gasteiger partial charge in [-0.3, -0.25) is 0 Å². The van der Waals surface area contributed by atoms with Gasteiger partial charge in [-0.2, -0.15) is 0 Å². The molecular formula is C16H21NO2. The molecule has 2 aromatic carbocycles. The summed E-state index contributed by atoms with van der Waals surface area (Å²) in [6.45, 7) is 2.73. The Morgan fingerprint density at radius 2 is 1.74 bits per heavy atom. The molecule has 2 atom stereocenters. The van der Waals surface area contributed by atoms with Crippen LogP contribution in [-0.4, -0.2) is 29.9 Å². The van der Waals surface area contributed by atoms with Crippen molar-refractivity contribution in [3.63, 3.8) is 0 Å². The van der Waals surface area contributed by atoms with Crippen LogP contribution in [0.15, 0.2) is 36.4 Å². The highest BCUT2D eigenvalue weighted by atomic mass is 16.3. The smallest absolute Gasteiger partial charge is 0.105 e. The molecule has 3 heteroatoms. The van der Waals surface area contributed by atoms with E-state index in [-0.39, 0.29) is 0 Å². The molecule has 0 aliphatic carbocycles. The maximum atomic E-state index is 10.3. The number of hydrogen-bond donors (Lipinski definition) is 3. The Hall–Kier alpha value is -1.42. The minimum absolute atomic E-state index is 0.528. The van der Waals surface area contributed by atoms with E-state index >= 15 is 0 Å². The zero-order chi connectivity index (χ0) is 13.8. The number of benzene rings is 2. The maximum absolute atomic E-state index is 10.3. The summed E-state index contributed by atoms with van der Waals surface area (Å²) in [4.78, 5) is 0. The third-order valence-corrected chi connectivity index (χ3v) is 3.55. The quantitative estimate of drug-likeness (QED) is 0.771. The van der Waals surface area contributed by atoms with E-state index in [9.17, 15) is 10.2 Å². The fourth-order valence-corrected chi connectivity index (χ4v) is 2.39. The number of nitrogens with one attached hydrogen (secondary N) is 1. The van der Waals surface area contributed by atoms with Crippen molar-refractivity contribution in [2.24, 2.45) is 0 Å². The summed E-state index contributed by atoms with van der Waals surface area (Å²) >= 11 is 0. The van der Waals surface area contributed by atoms with Crippen LogP contribution in [0, 0.1) is 6.92 Å². The Kier molecular flexibility index (Phi) is 4.53. The summed E-state index contributed by atoms with van der Waals surface area (Å²) in [5.41, 5.74) is 1.97. The van der Waals surface area contributed by atoms with E-state index in [1.54, 1.807) is 0 Å². The highest BCUT2D eigenvalue weighted by Gasteiger charge is 2.20. The molecule has 2 rings (SSSR count). The van der Waals surface area contributed by atoms with Crippen molar-refractivity contribution < 1.29 is 10.2 Å². The predicted octanol–water partition coefficient (Wildman–Crippen LogP) is 2.15. The molecular weight excluding hydrogens is 238 g/mol. The summed E-state index contributed by atoms with van der Waals surface area (Å²) in [6.07, 6.45) is -1.07. The Morgan fingerprint density at radius 1 is 1.05 bits per heavy atom. The molecule has 0 saturated carbocycles. The normalized spacial score (nSPS) is 14.5. The Balaban J connectivity index is 2.37. The molecule has 102 valence electrons. The second kappa shape index (κ2) is 6.15. The number of rotatable bonds is 5. The van der Waals surface area contributed by atoms with Gasteiger partial charge in [-0.15, -0.1) is 0 Å². The molecule has 3 nitrogen and oxygen atoms in total. The molecule has 0 heterocycles. The lowest BCUT2D eigenvalue weighted by Gasteiger charge is -2.20. The van der Waals surface area contributed by atoms with Gasteiger partial charge in [0.2, 0.25) is 0 Å². The second-order valence-electron chi connectivity index (χ2n) is 4.92. The molecule has 2 unspecified atom stereocenters. The van der Waals surface area contributed by atoms with Crippen molar-refractivity contribution in [2.75, 3.05) is 13.6 Å². The molecule has 0 aliphatic heterocycles. The number of aryl methyl sites for hydroxylation is 1. The van der Waals surface area contributed by atoms with Crippen molar-refractivity contribution in [1.82, 2.24) is 5.32 Å². The van der Waals surface area contributed by atoms with E-state index < -0.39 is 12.2 Å². The van der Waals surface area contributed by atoms with Gasteiger partial charge in [0, 0.05) is 0 Å². The van der Waals surface area contributed by atoms with Crippen molar-refractivity contribution in [1.29, 1.82) is 0 Å². The van der Waals surface area contributed by atoms with E-state index in [2.05, 4.69) is 12.2 Å². The first kappa shape index (κ1) is 14.0. The number of aliphatic hydroxyl groups is 2. The SMILES string of the molecule is CNCCC(O)C(O)c1ccc(C)c2ccccc12. The van der Waals surface area contributed by atoms with Crippen LogP contribution in [0.25, 0.3) is 10.8 Å². The van der Waals surface area contributed by atoms with Crippen LogP contribution >= 0.6 is 0 Å². The minimum atomic E-state index is -0.848. The van der Waals surface area contributed by atoms with Gasteiger partial charge in [-0.05, 0) is 48.8 Å². The fourth-order valence-electron chi connectivity index (χ4n) is 2.39. The van der Waals surface area contributed by atoms with Crippen LogP contribution in [0.5, 0.6) is 0 Å². The van der Waals surface area contributed by atoms with Crippen molar-refractivity contribution in [3.05, 3.63) is 47.5 Å². The minimum Gasteiger partial charge on any atom is -0.390 e. The highest BCUT2D eigenvalue weighted by molar-refractivity contribution is 5.88. The van der Waals surface area contributed by atoms with E-state index in [1.165, 1.54) is 5.56 Å². The monoisotopic (exact) mass is 259 g/mol. The lowest BCUT2D eigenvalue weighted by atomic mass is 9.94. The van der Waals surface area contributed by atoms with Crippen molar-refractivity contribution in [2.45, 2.75) is 25.6 Å². The summed E-state index contributed by atoms with van der Waals surface area (Å²) in [7, 11) is 1.83. The summed E-state index contributed by atoms with van der Waals surface area (Å²) in [5.74, 6) is 0. The zero-order valence-electron chi connectivity index (χ0n) is 11.4. The molecule has 0 aliphatic rings. The van der Waals surface area contributed by atoms with Gasteiger partial charge in [0.05, 0.1) is 6.10 Å². The predicted molar refractivity (Wildman–Crippen MR) is 78.2 cm³/mol. The molecule has 2 aromatic rings. The van der Waals surface area contributed by atoms with Gasteiger partial charge in [0.25, 0.3) is 0 Å². The van der Waals surface area contributed by atoms with Gasteiger partial charge in [0.1, 0.15) is 6.10 Å². The van der Waals surface area contributed by atoms with Gasteiger partial charge < -0.3 is 15.5 Å². The van der Waals surface area contributed by atoms with Crippen LogP contribution in [0.2, 0.25) is 0 Å². The molecule has 0 aromatic heterocycles. The van der Waals surface area contributed by atoms with E-state index in [0.717, 1.165) is 16.3 Å². The highest BCUT2D eigenvalue weighted by Crippen LogP contribution is 2.29. The first-order chi connectivity index (χ1) is 9.15. The average Bonchev–Trinajstić information content (AvgIpc) is 2.45. The summed E-state index contributed by atoms with van der Waals surface area (Å²) in [6, 6.07) is 11.9. The van der Waals surface area contributed by atoms with E-state index in [0.29, 0.717) is 13.0 Å². The molecule has 0 bridgehead atoms.